The second-order valence-electron chi connectivity index (χ2n) is 5.56. The molecule has 0 atom stereocenters. The Morgan fingerprint density at radius 1 is 1.12 bits per heavy atom. The van der Waals surface area contributed by atoms with E-state index < -0.39 is 0 Å². The fourth-order valence-corrected chi connectivity index (χ4v) is 4.52. The number of aryl methyl sites for hydroxylation is 1. The first-order valence-corrected chi connectivity index (χ1v) is 10.0. The summed E-state index contributed by atoms with van der Waals surface area (Å²) in [6, 6.07) is 13.0. The summed E-state index contributed by atoms with van der Waals surface area (Å²) in [4.78, 5) is 4.67. The second-order valence-corrected chi connectivity index (χ2v) is 7.90. The molecule has 0 saturated carbocycles. The van der Waals surface area contributed by atoms with E-state index in [1.165, 1.54) is 23.3 Å². The molecule has 24 heavy (non-hydrogen) atoms. The van der Waals surface area contributed by atoms with E-state index in [0.717, 1.165) is 27.8 Å². The van der Waals surface area contributed by atoms with Gasteiger partial charge in [-0.05, 0) is 35.7 Å². The number of halogens is 2. The van der Waals surface area contributed by atoms with Crippen molar-refractivity contribution >= 4 is 34.7 Å². The molecule has 0 aliphatic rings. The lowest BCUT2D eigenvalue weighted by molar-refractivity contribution is 0.627. The Kier molecular flexibility index (Phi) is 5.93. The van der Waals surface area contributed by atoms with Crippen molar-refractivity contribution in [1.29, 1.82) is 0 Å². The van der Waals surface area contributed by atoms with E-state index in [1.807, 2.05) is 11.8 Å². The minimum absolute atomic E-state index is 0.309. The molecule has 1 heterocycles. The molecule has 5 heteroatoms. The number of thiazole rings is 1. The van der Waals surface area contributed by atoms with Crippen LogP contribution in [0.5, 0.6) is 0 Å². The topological polar surface area (TPSA) is 12.9 Å². The van der Waals surface area contributed by atoms with Crippen molar-refractivity contribution in [3.63, 3.8) is 0 Å². The highest BCUT2D eigenvalue weighted by atomic mass is 35.5. The van der Waals surface area contributed by atoms with E-state index in [4.69, 9.17) is 11.6 Å². The number of aromatic nitrogens is 1. The van der Waals surface area contributed by atoms with Gasteiger partial charge in [-0.1, -0.05) is 41.9 Å². The Hall–Kier alpha value is -1.36. The lowest BCUT2D eigenvalue weighted by Gasteiger charge is -2.04. The number of hydrogen-bond donors (Lipinski definition) is 0. The quantitative estimate of drug-likeness (QED) is 0.502. The Balaban J connectivity index is 1.56. The summed E-state index contributed by atoms with van der Waals surface area (Å²) in [5.74, 6) is 1.57. The number of rotatable bonds is 6. The van der Waals surface area contributed by atoms with Gasteiger partial charge >= 0.3 is 0 Å². The van der Waals surface area contributed by atoms with Crippen molar-refractivity contribution < 1.29 is 4.39 Å². The molecule has 3 aromatic rings. The molecule has 2 aromatic carbocycles. The van der Waals surface area contributed by atoms with Crippen LogP contribution >= 0.6 is 34.7 Å². The van der Waals surface area contributed by atoms with Gasteiger partial charge in [0.25, 0.3) is 0 Å². The van der Waals surface area contributed by atoms with Crippen LogP contribution in [0.1, 0.15) is 27.4 Å². The van der Waals surface area contributed by atoms with Crippen LogP contribution in [0.4, 0.5) is 4.39 Å². The fourth-order valence-electron chi connectivity index (χ4n) is 2.36. The van der Waals surface area contributed by atoms with Crippen LogP contribution in [0.25, 0.3) is 0 Å². The Morgan fingerprint density at radius 3 is 2.75 bits per heavy atom. The van der Waals surface area contributed by atoms with Crippen molar-refractivity contribution in [3.8, 4) is 0 Å². The molecule has 0 amide bonds. The van der Waals surface area contributed by atoms with Gasteiger partial charge in [0.15, 0.2) is 0 Å². The van der Waals surface area contributed by atoms with Gasteiger partial charge in [0, 0.05) is 28.3 Å². The highest BCUT2D eigenvalue weighted by Gasteiger charge is 2.08. The molecular formula is C19H17ClFNS2. The zero-order chi connectivity index (χ0) is 16.9. The van der Waals surface area contributed by atoms with Crippen LogP contribution in [0, 0.1) is 12.7 Å². The largest absolute Gasteiger partial charge is 0.245 e. The zero-order valence-corrected chi connectivity index (χ0v) is 15.6. The third kappa shape index (κ3) is 4.59. The fraction of sp³-hybridized carbons (Fsp3) is 0.211. The summed E-state index contributed by atoms with van der Waals surface area (Å²) in [6.07, 6.45) is 0.645. The second kappa shape index (κ2) is 8.15. The molecule has 0 aliphatic heterocycles. The van der Waals surface area contributed by atoms with E-state index in [-0.39, 0.29) is 5.82 Å². The zero-order valence-electron chi connectivity index (χ0n) is 13.3. The van der Waals surface area contributed by atoms with E-state index >= 15 is 0 Å². The minimum atomic E-state index is -0.309. The van der Waals surface area contributed by atoms with Gasteiger partial charge in [-0.25, -0.2) is 9.37 Å². The molecule has 0 saturated heterocycles. The molecule has 0 fully saturated rings. The van der Waals surface area contributed by atoms with Gasteiger partial charge in [0.2, 0.25) is 0 Å². The van der Waals surface area contributed by atoms with Crippen LogP contribution in [0.3, 0.4) is 0 Å². The minimum Gasteiger partial charge on any atom is -0.245 e. The first-order valence-electron chi connectivity index (χ1n) is 7.61. The van der Waals surface area contributed by atoms with Crippen LogP contribution < -0.4 is 0 Å². The molecule has 0 radical (unpaired) electrons. The van der Waals surface area contributed by atoms with E-state index in [0.29, 0.717) is 11.4 Å². The van der Waals surface area contributed by atoms with Gasteiger partial charge < -0.3 is 0 Å². The standard InChI is InChI=1S/C19H17ClFNS2/c1-13-4-2-3-5-15(13)10-23-11-17-12-24-19(22-17)8-14-6-7-16(21)9-18(14)20/h2-7,9,12H,8,10-11H2,1H3. The van der Waals surface area contributed by atoms with Crippen molar-refractivity contribution in [2.45, 2.75) is 24.9 Å². The molecule has 0 aliphatic carbocycles. The van der Waals surface area contributed by atoms with Crippen molar-refractivity contribution in [2.24, 2.45) is 0 Å². The molecule has 0 spiro atoms. The first-order chi connectivity index (χ1) is 11.6. The molecule has 0 unspecified atom stereocenters. The monoisotopic (exact) mass is 377 g/mol. The van der Waals surface area contributed by atoms with Crippen molar-refractivity contribution in [2.75, 3.05) is 0 Å². The SMILES string of the molecule is Cc1ccccc1CSCc1csc(Cc2ccc(F)cc2Cl)n1. The summed E-state index contributed by atoms with van der Waals surface area (Å²) >= 11 is 9.58. The van der Waals surface area contributed by atoms with Crippen LogP contribution in [0.2, 0.25) is 5.02 Å². The third-order valence-electron chi connectivity index (χ3n) is 3.72. The predicted molar refractivity (Wildman–Crippen MR) is 103 cm³/mol. The number of hydrogen-bond acceptors (Lipinski definition) is 3. The summed E-state index contributed by atoms with van der Waals surface area (Å²) in [7, 11) is 0. The lowest BCUT2D eigenvalue weighted by atomic mass is 10.1. The van der Waals surface area contributed by atoms with Gasteiger partial charge in [-0.15, -0.1) is 11.3 Å². The summed E-state index contributed by atoms with van der Waals surface area (Å²) < 4.78 is 13.1. The van der Waals surface area contributed by atoms with E-state index in [1.54, 1.807) is 17.4 Å². The van der Waals surface area contributed by atoms with E-state index in [9.17, 15) is 4.39 Å². The molecule has 124 valence electrons. The van der Waals surface area contributed by atoms with Gasteiger partial charge in [0.1, 0.15) is 5.82 Å². The summed E-state index contributed by atoms with van der Waals surface area (Å²) in [5.41, 5.74) is 4.70. The van der Waals surface area contributed by atoms with Crippen molar-refractivity contribution in [3.05, 3.63) is 86.1 Å². The molecule has 3 rings (SSSR count). The van der Waals surface area contributed by atoms with E-state index in [2.05, 4.69) is 41.6 Å². The predicted octanol–water partition coefficient (Wildman–Crippen LogP) is 6.27. The Morgan fingerprint density at radius 2 is 1.96 bits per heavy atom. The van der Waals surface area contributed by atoms with Gasteiger partial charge in [-0.3, -0.25) is 0 Å². The maximum atomic E-state index is 13.1. The number of benzene rings is 2. The molecular weight excluding hydrogens is 361 g/mol. The Labute approximate surface area is 154 Å². The third-order valence-corrected chi connectivity index (χ3v) is 5.99. The van der Waals surface area contributed by atoms with Crippen LogP contribution in [-0.2, 0) is 17.9 Å². The normalized spacial score (nSPS) is 11.0. The van der Waals surface area contributed by atoms with Crippen LogP contribution in [0.15, 0.2) is 47.8 Å². The molecule has 1 nitrogen and oxygen atoms in total. The van der Waals surface area contributed by atoms with Gasteiger partial charge in [-0.2, -0.15) is 11.8 Å². The first kappa shape index (κ1) is 17.5. The number of thioether (sulfide) groups is 1. The maximum Gasteiger partial charge on any atom is 0.124 e. The Bertz CT molecular complexity index is 832. The lowest BCUT2D eigenvalue weighted by Crippen LogP contribution is -1.91. The smallest absolute Gasteiger partial charge is 0.124 e. The highest BCUT2D eigenvalue weighted by molar-refractivity contribution is 7.97. The summed E-state index contributed by atoms with van der Waals surface area (Å²) in [6.45, 7) is 2.14. The van der Waals surface area contributed by atoms with Gasteiger partial charge in [0.05, 0.1) is 10.7 Å². The highest BCUT2D eigenvalue weighted by Crippen LogP contribution is 2.25. The average molecular weight is 378 g/mol. The van der Waals surface area contributed by atoms with Crippen LogP contribution in [-0.4, -0.2) is 4.98 Å². The van der Waals surface area contributed by atoms with Crippen molar-refractivity contribution in [1.82, 2.24) is 4.98 Å². The number of nitrogens with zero attached hydrogens (tertiary/aromatic N) is 1. The maximum absolute atomic E-state index is 13.1. The summed E-state index contributed by atoms with van der Waals surface area (Å²) in [5, 5.41) is 3.56. The molecule has 0 N–H and O–H groups in total. The molecule has 0 bridgehead atoms. The average Bonchev–Trinajstić information content (AvgIpc) is 2.99. The molecule has 1 aromatic heterocycles.